The molecule has 0 radical (unpaired) electrons. The molecule has 6 nitrogen and oxygen atoms in total. The predicted octanol–water partition coefficient (Wildman–Crippen LogP) is 2.89. The molecule has 0 bridgehead atoms. The Kier molecular flexibility index (Phi) is 4.79. The zero-order valence-corrected chi connectivity index (χ0v) is 12.4. The van der Waals surface area contributed by atoms with Crippen LogP contribution in [0.15, 0.2) is 21.0 Å². The average Bonchev–Trinajstić information content (AvgIpc) is 2.98. The number of anilines is 1. The molecule has 0 saturated heterocycles. The van der Waals surface area contributed by atoms with Crippen LogP contribution in [0.1, 0.15) is 44.2 Å². The minimum Gasteiger partial charge on any atom is -0.464 e. The van der Waals surface area contributed by atoms with E-state index in [1.54, 1.807) is 0 Å². The molecule has 0 amide bonds. The maximum Gasteiger partial charge on any atom is 0.316 e. The van der Waals surface area contributed by atoms with Gasteiger partial charge in [-0.05, 0) is 38.4 Å². The third-order valence-electron chi connectivity index (χ3n) is 2.82. The van der Waals surface area contributed by atoms with Crippen LogP contribution in [-0.2, 0) is 6.54 Å². The number of hydrogen-bond donors (Lipinski definition) is 2. The summed E-state index contributed by atoms with van der Waals surface area (Å²) >= 11 is 0. The van der Waals surface area contributed by atoms with E-state index in [0.717, 1.165) is 18.1 Å². The molecular formula is C14H22N4O2. The molecule has 6 heteroatoms. The second kappa shape index (κ2) is 6.56. The second-order valence-corrected chi connectivity index (χ2v) is 5.34. The molecular weight excluding hydrogens is 256 g/mol. The van der Waals surface area contributed by atoms with E-state index in [1.165, 1.54) is 0 Å². The number of nitrogens with one attached hydrogen (secondary N) is 2. The van der Waals surface area contributed by atoms with Crippen LogP contribution in [0.2, 0.25) is 0 Å². The van der Waals surface area contributed by atoms with Gasteiger partial charge in [-0.2, -0.15) is 0 Å². The summed E-state index contributed by atoms with van der Waals surface area (Å²) in [5.41, 5.74) is 0. The van der Waals surface area contributed by atoms with Crippen LogP contribution in [0.3, 0.4) is 0 Å². The Morgan fingerprint density at radius 3 is 2.60 bits per heavy atom. The molecule has 2 rings (SSSR count). The monoisotopic (exact) mass is 278 g/mol. The lowest BCUT2D eigenvalue weighted by molar-refractivity contribution is 0.442. The Labute approximate surface area is 119 Å². The normalized spacial score (nSPS) is 12.8. The number of hydrogen-bond acceptors (Lipinski definition) is 6. The van der Waals surface area contributed by atoms with Gasteiger partial charge in [0.25, 0.3) is 0 Å². The van der Waals surface area contributed by atoms with Gasteiger partial charge in [-0.15, -0.1) is 5.10 Å². The maximum atomic E-state index is 5.55. The van der Waals surface area contributed by atoms with Crippen LogP contribution in [-0.4, -0.2) is 16.7 Å². The summed E-state index contributed by atoms with van der Waals surface area (Å²) in [7, 11) is 0. The van der Waals surface area contributed by atoms with E-state index in [2.05, 4.69) is 34.7 Å². The van der Waals surface area contributed by atoms with E-state index in [1.807, 2.05) is 26.0 Å². The number of nitrogens with zero attached hydrogens (tertiary/aromatic N) is 2. The van der Waals surface area contributed by atoms with Crippen molar-refractivity contribution in [2.45, 2.75) is 40.3 Å². The lowest BCUT2D eigenvalue weighted by Crippen LogP contribution is -2.19. The highest BCUT2D eigenvalue weighted by molar-refractivity contribution is 5.24. The summed E-state index contributed by atoms with van der Waals surface area (Å²) in [4.78, 5) is 0. The quantitative estimate of drug-likeness (QED) is 0.811. The summed E-state index contributed by atoms with van der Waals surface area (Å²) in [6, 6.07) is 4.27. The first-order valence-electron chi connectivity index (χ1n) is 6.90. The molecule has 1 atom stereocenters. The van der Waals surface area contributed by atoms with Crippen molar-refractivity contribution in [3.05, 3.63) is 29.5 Å². The van der Waals surface area contributed by atoms with Gasteiger partial charge in [0.05, 0.1) is 12.6 Å². The summed E-state index contributed by atoms with van der Waals surface area (Å²) in [6.07, 6.45) is 0. The van der Waals surface area contributed by atoms with Crippen LogP contribution < -0.4 is 10.6 Å². The van der Waals surface area contributed by atoms with Crippen LogP contribution in [0, 0.1) is 12.8 Å². The highest BCUT2D eigenvalue weighted by atomic mass is 16.4. The highest BCUT2D eigenvalue weighted by Crippen LogP contribution is 2.20. The van der Waals surface area contributed by atoms with Crippen molar-refractivity contribution >= 4 is 6.01 Å². The highest BCUT2D eigenvalue weighted by Gasteiger charge is 2.13. The van der Waals surface area contributed by atoms with Gasteiger partial charge < -0.3 is 19.5 Å². The smallest absolute Gasteiger partial charge is 0.316 e. The lowest BCUT2D eigenvalue weighted by Gasteiger charge is -2.08. The molecule has 0 aliphatic heterocycles. The van der Waals surface area contributed by atoms with Crippen LogP contribution in [0.25, 0.3) is 0 Å². The first-order chi connectivity index (χ1) is 9.54. The van der Waals surface area contributed by atoms with Gasteiger partial charge in [-0.1, -0.05) is 18.9 Å². The van der Waals surface area contributed by atoms with Gasteiger partial charge >= 0.3 is 6.01 Å². The van der Waals surface area contributed by atoms with Gasteiger partial charge in [-0.25, -0.2) is 0 Å². The van der Waals surface area contributed by atoms with Crippen molar-refractivity contribution in [2.24, 2.45) is 5.92 Å². The zero-order valence-electron chi connectivity index (χ0n) is 12.4. The number of furan rings is 1. The summed E-state index contributed by atoms with van der Waals surface area (Å²) in [5.74, 6) is 2.91. The largest absolute Gasteiger partial charge is 0.464 e. The van der Waals surface area contributed by atoms with Gasteiger partial charge in [0.2, 0.25) is 5.89 Å². The van der Waals surface area contributed by atoms with Crippen molar-refractivity contribution in [1.29, 1.82) is 0 Å². The predicted molar refractivity (Wildman–Crippen MR) is 76.3 cm³/mol. The molecule has 0 aliphatic carbocycles. The summed E-state index contributed by atoms with van der Waals surface area (Å²) in [6.45, 7) is 9.72. The van der Waals surface area contributed by atoms with Crippen molar-refractivity contribution < 1.29 is 8.83 Å². The minimum absolute atomic E-state index is 0.0133. The fourth-order valence-electron chi connectivity index (χ4n) is 1.79. The summed E-state index contributed by atoms with van der Waals surface area (Å²) in [5, 5.41) is 14.4. The molecule has 1 unspecified atom stereocenters. The van der Waals surface area contributed by atoms with E-state index in [0.29, 0.717) is 24.4 Å². The van der Waals surface area contributed by atoms with Crippen molar-refractivity contribution in [3.8, 4) is 0 Å². The van der Waals surface area contributed by atoms with Crippen LogP contribution >= 0.6 is 0 Å². The molecule has 20 heavy (non-hydrogen) atoms. The molecule has 0 fully saturated rings. The first-order valence-corrected chi connectivity index (χ1v) is 6.90. The Hall–Kier alpha value is -1.82. The minimum atomic E-state index is -0.0133. The molecule has 110 valence electrons. The van der Waals surface area contributed by atoms with E-state index in [9.17, 15) is 0 Å². The van der Waals surface area contributed by atoms with E-state index in [4.69, 9.17) is 8.83 Å². The van der Waals surface area contributed by atoms with Gasteiger partial charge in [0.1, 0.15) is 11.5 Å². The van der Waals surface area contributed by atoms with Gasteiger partial charge in [0.15, 0.2) is 0 Å². The topological polar surface area (TPSA) is 76.1 Å². The van der Waals surface area contributed by atoms with E-state index >= 15 is 0 Å². The maximum absolute atomic E-state index is 5.55. The Morgan fingerprint density at radius 2 is 1.95 bits per heavy atom. The van der Waals surface area contributed by atoms with E-state index < -0.39 is 0 Å². The fraction of sp³-hybridized carbons (Fsp3) is 0.571. The Balaban J connectivity index is 1.86. The molecule has 2 aromatic heterocycles. The van der Waals surface area contributed by atoms with E-state index in [-0.39, 0.29) is 6.04 Å². The number of aromatic nitrogens is 2. The van der Waals surface area contributed by atoms with Crippen molar-refractivity contribution in [1.82, 2.24) is 15.5 Å². The molecule has 0 saturated carbocycles. The Bertz CT molecular complexity index is 533. The van der Waals surface area contributed by atoms with Crippen LogP contribution in [0.4, 0.5) is 6.01 Å². The number of aryl methyl sites for hydroxylation is 1. The first kappa shape index (κ1) is 14.6. The summed E-state index contributed by atoms with van der Waals surface area (Å²) < 4.78 is 11.1. The molecule has 0 aliphatic rings. The number of rotatable bonds is 7. The van der Waals surface area contributed by atoms with Gasteiger partial charge in [0, 0.05) is 0 Å². The molecule has 0 spiro atoms. The lowest BCUT2D eigenvalue weighted by atomic mass is 10.2. The van der Waals surface area contributed by atoms with Crippen molar-refractivity contribution in [3.63, 3.8) is 0 Å². The molecule has 2 heterocycles. The molecule has 0 aromatic carbocycles. The SMILES string of the molecule is Cc1ccc(C(C)Nc2nnc(CNCC(C)C)o2)o1. The second-order valence-electron chi connectivity index (χ2n) is 5.34. The third kappa shape index (κ3) is 4.09. The zero-order chi connectivity index (χ0) is 14.5. The Morgan fingerprint density at radius 1 is 1.15 bits per heavy atom. The average molecular weight is 278 g/mol. The fourth-order valence-corrected chi connectivity index (χ4v) is 1.79. The molecule has 2 N–H and O–H groups in total. The van der Waals surface area contributed by atoms with Gasteiger partial charge in [-0.3, -0.25) is 0 Å². The standard InChI is InChI=1S/C14H22N4O2/c1-9(2)7-15-8-13-17-18-14(20-13)16-11(4)12-6-5-10(3)19-12/h5-6,9,11,15H,7-8H2,1-4H3,(H,16,18). The van der Waals surface area contributed by atoms with Crippen LogP contribution in [0.5, 0.6) is 0 Å². The third-order valence-corrected chi connectivity index (χ3v) is 2.82. The van der Waals surface area contributed by atoms with Crippen molar-refractivity contribution in [2.75, 3.05) is 11.9 Å². The molecule has 2 aromatic rings.